The summed E-state index contributed by atoms with van der Waals surface area (Å²) in [7, 11) is 0. The Labute approximate surface area is 176 Å². The van der Waals surface area contributed by atoms with Crippen LogP contribution in [0.25, 0.3) is 0 Å². The number of ether oxygens (including phenoxy) is 1. The van der Waals surface area contributed by atoms with Crippen molar-refractivity contribution in [2.75, 3.05) is 0 Å². The summed E-state index contributed by atoms with van der Waals surface area (Å²) < 4.78 is 6.44. The van der Waals surface area contributed by atoms with Crippen LogP contribution in [0.15, 0.2) is 12.1 Å². The monoisotopic (exact) mass is 404 g/mol. The van der Waals surface area contributed by atoms with E-state index in [9.17, 15) is 15.3 Å². The molecule has 1 aromatic carbocycles. The Balaban J connectivity index is 1.81. The van der Waals surface area contributed by atoms with Gasteiger partial charge >= 0.3 is 0 Å². The van der Waals surface area contributed by atoms with Crippen molar-refractivity contribution in [3.05, 3.63) is 23.3 Å². The molecule has 4 nitrogen and oxygen atoms in total. The number of rotatable bonds is 7. The highest BCUT2D eigenvalue weighted by atomic mass is 16.5. The van der Waals surface area contributed by atoms with Crippen LogP contribution in [0.1, 0.15) is 103 Å². The van der Waals surface area contributed by atoms with Gasteiger partial charge in [-0.05, 0) is 76.0 Å². The second-order valence-corrected chi connectivity index (χ2v) is 10.6. The number of hydrogen-bond donors (Lipinski definition) is 3. The normalized spacial score (nSPS) is 26.9. The molecule has 0 aromatic heterocycles. The second-order valence-electron chi connectivity index (χ2n) is 10.6. The van der Waals surface area contributed by atoms with E-state index in [2.05, 4.69) is 33.8 Å². The summed E-state index contributed by atoms with van der Waals surface area (Å²) in [4.78, 5) is 0. The van der Waals surface area contributed by atoms with E-state index in [1.54, 1.807) is 0 Å². The lowest BCUT2D eigenvalue weighted by atomic mass is 9.65. The smallest absolute Gasteiger partial charge is 0.127 e. The van der Waals surface area contributed by atoms with Gasteiger partial charge in [-0.25, -0.2) is 0 Å². The van der Waals surface area contributed by atoms with Crippen LogP contribution in [0.3, 0.4) is 0 Å². The Morgan fingerprint density at radius 1 is 1.17 bits per heavy atom. The van der Waals surface area contributed by atoms with Crippen LogP contribution in [0.2, 0.25) is 0 Å². The third-order valence-electron chi connectivity index (χ3n) is 7.28. The van der Waals surface area contributed by atoms with Crippen molar-refractivity contribution in [3.8, 4) is 11.5 Å². The lowest BCUT2D eigenvalue weighted by molar-refractivity contribution is -0.0318. The van der Waals surface area contributed by atoms with E-state index in [0.29, 0.717) is 18.1 Å². The fraction of sp³-hybridized carbons (Fsp3) is 0.760. The SMILES string of the molecule is CC(O)CCCCCC(C)(C)c1cc(O)c2c(c1)OC(C)(C)[C@@H]1CCC(O)C[C@@H]21. The Hall–Kier alpha value is -1.26. The first-order valence-electron chi connectivity index (χ1n) is 11.4. The largest absolute Gasteiger partial charge is 0.508 e. The van der Waals surface area contributed by atoms with Gasteiger partial charge < -0.3 is 20.1 Å². The molecule has 0 spiro atoms. The van der Waals surface area contributed by atoms with E-state index in [1.165, 1.54) is 0 Å². The summed E-state index contributed by atoms with van der Waals surface area (Å²) in [5.74, 6) is 1.58. The third-order valence-corrected chi connectivity index (χ3v) is 7.28. The van der Waals surface area contributed by atoms with E-state index < -0.39 is 0 Å². The van der Waals surface area contributed by atoms with Crippen LogP contribution in [-0.2, 0) is 5.41 Å². The molecule has 1 heterocycles. The predicted molar refractivity (Wildman–Crippen MR) is 117 cm³/mol. The van der Waals surface area contributed by atoms with Crippen LogP contribution < -0.4 is 4.74 Å². The summed E-state index contributed by atoms with van der Waals surface area (Å²) in [6.45, 7) is 10.6. The van der Waals surface area contributed by atoms with E-state index >= 15 is 0 Å². The van der Waals surface area contributed by atoms with Crippen LogP contribution in [-0.4, -0.2) is 33.1 Å². The molecule has 1 aliphatic carbocycles. The number of fused-ring (bicyclic) bond motifs is 3. The van der Waals surface area contributed by atoms with Gasteiger partial charge in [0.25, 0.3) is 0 Å². The second kappa shape index (κ2) is 8.47. The van der Waals surface area contributed by atoms with Crippen LogP contribution >= 0.6 is 0 Å². The zero-order valence-electron chi connectivity index (χ0n) is 18.9. The molecule has 4 heteroatoms. The van der Waals surface area contributed by atoms with Gasteiger partial charge in [0.2, 0.25) is 0 Å². The molecular weight excluding hydrogens is 364 g/mol. The molecule has 3 N–H and O–H groups in total. The van der Waals surface area contributed by atoms with E-state index in [0.717, 1.165) is 61.8 Å². The summed E-state index contributed by atoms with van der Waals surface area (Å²) in [6, 6.07) is 4.05. The minimum Gasteiger partial charge on any atom is -0.508 e. The molecule has 3 rings (SSSR count). The number of aliphatic hydroxyl groups excluding tert-OH is 2. The lowest BCUT2D eigenvalue weighted by Crippen LogP contribution is -2.47. The Bertz CT molecular complexity index is 707. The standard InChI is InChI=1S/C25H40O4/c1-16(26)9-7-6-8-12-24(2,3)17-13-21(28)23-19-15-18(27)10-11-20(19)25(4,5)29-22(23)14-17/h13-14,16,18-20,26-28H,6-12,15H2,1-5H3/t16?,18?,19-,20-/m1/s1. The van der Waals surface area contributed by atoms with Gasteiger partial charge in [-0.2, -0.15) is 0 Å². The number of unbranched alkanes of at least 4 members (excludes halogenated alkanes) is 2. The van der Waals surface area contributed by atoms with Crippen molar-refractivity contribution in [2.45, 2.75) is 115 Å². The minimum atomic E-state index is -0.298. The number of phenolic OH excluding ortho intramolecular Hbond substituents is 1. The lowest BCUT2D eigenvalue weighted by Gasteiger charge is -2.48. The molecular formula is C25H40O4. The first kappa shape index (κ1) is 22.4. The van der Waals surface area contributed by atoms with Gasteiger partial charge in [0, 0.05) is 17.4 Å². The number of aromatic hydroxyl groups is 1. The molecule has 2 unspecified atom stereocenters. The highest BCUT2D eigenvalue weighted by Gasteiger charge is 2.47. The fourth-order valence-corrected chi connectivity index (χ4v) is 5.45. The van der Waals surface area contributed by atoms with Crippen molar-refractivity contribution in [2.24, 2.45) is 5.92 Å². The predicted octanol–water partition coefficient (Wildman–Crippen LogP) is 5.42. The molecule has 4 atom stereocenters. The van der Waals surface area contributed by atoms with Crippen LogP contribution in [0.5, 0.6) is 11.5 Å². The first-order chi connectivity index (χ1) is 13.5. The molecule has 29 heavy (non-hydrogen) atoms. The van der Waals surface area contributed by atoms with Crippen molar-refractivity contribution < 1.29 is 20.1 Å². The van der Waals surface area contributed by atoms with Gasteiger partial charge in [-0.1, -0.05) is 33.1 Å². The molecule has 1 fully saturated rings. The third kappa shape index (κ3) is 4.91. The van der Waals surface area contributed by atoms with Crippen molar-refractivity contribution in [3.63, 3.8) is 0 Å². The average molecular weight is 405 g/mol. The van der Waals surface area contributed by atoms with Crippen LogP contribution in [0, 0.1) is 5.92 Å². The van der Waals surface area contributed by atoms with Gasteiger partial charge in [0.15, 0.2) is 0 Å². The van der Waals surface area contributed by atoms with Crippen molar-refractivity contribution >= 4 is 0 Å². The van der Waals surface area contributed by atoms with Gasteiger partial charge in [-0.15, -0.1) is 0 Å². The average Bonchev–Trinajstić information content (AvgIpc) is 2.59. The quantitative estimate of drug-likeness (QED) is 0.531. The van der Waals surface area contributed by atoms with Gasteiger partial charge in [0.05, 0.1) is 12.2 Å². The number of hydrogen-bond acceptors (Lipinski definition) is 4. The molecule has 0 saturated heterocycles. The van der Waals surface area contributed by atoms with Gasteiger partial charge in [-0.3, -0.25) is 0 Å². The van der Waals surface area contributed by atoms with E-state index in [4.69, 9.17) is 4.74 Å². The maximum atomic E-state index is 11.0. The molecule has 0 amide bonds. The van der Waals surface area contributed by atoms with Gasteiger partial charge in [0.1, 0.15) is 17.1 Å². The molecule has 2 aliphatic rings. The summed E-state index contributed by atoms with van der Waals surface area (Å²) in [5, 5.41) is 30.6. The van der Waals surface area contributed by atoms with E-state index in [1.807, 2.05) is 13.0 Å². The number of phenols is 1. The summed E-state index contributed by atoms with van der Waals surface area (Å²) in [6.07, 6.45) is 7.06. The topological polar surface area (TPSA) is 69.9 Å². The summed E-state index contributed by atoms with van der Waals surface area (Å²) in [5.41, 5.74) is 1.64. The molecule has 1 saturated carbocycles. The first-order valence-corrected chi connectivity index (χ1v) is 11.4. The minimum absolute atomic E-state index is 0.0617. The molecule has 0 bridgehead atoms. The zero-order chi connectivity index (χ0) is 21.4. The highest BCUT2D eigenvalue weighted by Crippen LogP contribution is 2.55. The number of benzene rings is 1. The van der Waals surface area contributed by atoms with E-state index in [-0.39, 0.29) is 29.1 Å². The Morgan fingerprint density at radius 2 is 1.90 bits per heavy atom. The highest BCUT2D eigenvalue weighted by molar-refractivity contribution is 5.53. The Kier molecular flexibility index (Phi) is 6.55. The van der Waals surface area contributed by atoms with Crippen molar-refractivity contribution in [1.29, 1.82) is 0 Å². The maximum Gasteiger partial charge on any atom is 0.127 e. The van der Waals surface area contributed by atoms with Crippen molar-refractivity contribution in [1.82, 2.24) is 0 Å². The molecule has 1 aromatic rings. The zero-order valence-corrected chi connectivity index (χ0v) is 18.9. The molecule has 164 valence electrons. The maximum absolute atomic E-state index is 11.0. The Morgan fingerprint density at radius 3 is 2.59 bits per heavy atom. The summed E-state index contributed by atoms with van der Waals surface area (Å²) >= 11 is 0. The number of aliphatic hydroxyl groups is 2. The fourth-order valence-electron chi connectivity index (χ4n) is 5.45. The molecule has 1 aliphatic heterocycles. The molecule has 0 radical (unpaired) electrons. The van der Waals surface area contributed by atoms with Crippen LogP contribution in [0.4, 0.5) is 0 Å².